The number of benzene rings is 1. The minimum atomic E-state index is -0.665. The van der Waals surface area contributed by atoms with E-state index in [2.05, 4.69) is 20.5 Å². The van der Waals surface area contributed by atoms with Crippen molar-refractivity contribution in [2.24, 2.45) is 0 Å². The van der Waals surface area contributed by atoms with E-state index in [4.69, 9.17) is 0 Å². The monoisotopic (exact) mass is 385 g/mol. The number of nitrogens with zero attached hydrogens (tertiary/aromatic N) is 3. The number of nitrogens with one attached hydrogen (secondary N) is 2. The van der Waals surface area contributed by atoms with Crippen molar-refractivity contribution in [2.45, 2.75) is 19.5 Å². The largest absolute Gasteiger partial charge is 0.353 e. The van der Waals surface area contributed by atoms with Gasteiger partial charge in [-0.2, -0.15) is 0 Å². The fraction of sp³-hybridized carbons (Fsp3) is 0.350. The lowest BCUT2D eigenvalue weighted by Gasteiger charge is -2.35. The van der Waals surface area contributed by atoms with E-state index < -0.39 is 6.04 Å². The van der Waals surface area contributed by atoms with Crippen molar-refractivity contribution < 1.29 is 14.0 Å². The summed E-state index contributed by atoms with van der Waals surface area (Å²) in [5.41, 5.74) is 0.791. The molecule has 7 nitrogen and oxygen atoms in total. The zero-order valence-electron chi connectivity index (χ0n) is 15.8. The Balaban J connectivity index is 1.42. The number of rotatable bonds is 5. The van der Waals surface area contributed by atoms with Crippen LogP contribution in [0.15, 0.2) is 48.7 Å². The first-order valence-corrected chi connectivity index (χ1v) is 9.26. The molecule has 2 aromatic rings. The molecule has 1 aromatic carbocycles. The highest BCUT2D eigenvalue weighted by Crippen LogP contribution is 2.12. The molecule has 0 aliphatic carbocycles. The SMILES string of the molecule is C[C@H](NC(=O)N1CCN(c2ccccn2)CC1)C(=O)NCc1ccc(F)cc1. The highest BCUT2D eigenvalue weighted by molar-refractivity contribution is 5.86. The molecule has 8 heteroatoms. The molecule has 1 fully saturated rings. The maximum atomic E-state index is 12.9. The lowest BCUT2D eigenvalue weighted by Crippen LogP contribution is -2.55. The molecule has 3 rings (SSSR count). The van der Waals surface area contributed by atoms with Crippen LogP contribution in [0.3, 0.4) is 0 Å². The summed E-state index contributed by atoms with van der Waals surface area (Å²) in [4.78, 5) is 32.8. The summed E-state index contributed by atoms with van der Waals surface area (Å²) < 4.78 is 12.9. The average Bonchev–Trinajstić information content (AvgIpc) is 2.73. The first kappa shape index (κ1) is 19.6. The second-order valence-electron chi connectivity index (χ2n) is 6.68. The number of carbonyl (C=O) groups is 2. The lowest BCUT2D eigenvalue weighted by atomic mass is 10.2. The van der Waals surface area contributed by atoms with Crippen molar-refractivity contribution in [2.75, 3.05) is 31.1 Å². The summed E-state index contributed by atoms with van der Waals surface area (Å²) in [6.45, 7) is 4.42. The molecule has 0 saturated carbocycles. The van der Waals surface area contributed by atoms with Gasteiger partial charge in [0.05, 0.1) is 0 Å². The number of hydrogen-bond donors (Lipinski definition) is 2. The van der Waals surface area contributed by atoms with E-state index >= 15 is 0 Å². The summed E-state index contributed by atoms with van der Waals surface area (Å²) in [5, 5.41) is 5.47. The van der Waals surface area contributed by atoms with Gasteiger partial charge in [0.15, 0.2) is 0 Å². The molecule has 1 aliphatic heterocycles. The fourth-order valence-electron chi connectivity index (χ4n) is 2.97. The molecule has 0 radical (unpaired) electrons. The van der Waals surface area contributed by atoms with E-state index in [0.717, 1.165) is 11.4 Å². The molecule has 1 saturated heterocycles. The average molecular weight is 385 g/mol. The second kappa shape index (κ2) is 9.16. The Morgan fingerprint density at radius 2 is 1.82 bits per heavy atom. The number of anilines is 1. The maximum Gasteiger partial charge on any atom is 0.318 e. The predicted molar refractivity (Wildman–Crippen MR) is 104 cm³/mol. The van der Waals surface area contributed by atoms with Gasteiger partial charge in [-0.15, -0.1) is 0 Å². The van der Waals surface area contributed by atoms with Gasteiger partial charge < -0.3 is 20.4 Å². The summed E-state index contributed by atoms with van der Waals surface area (Å²) in [6.07, 6.45) is 1.75. The Kier molecular flexibility index (Phi) is 6.41. The van der Waals surface area contributed by atoms with Crippen LogP contribution in [0.1, 0.15) is 12.5 Å². The fourth-order valence-corrected chi connectivity index (χ4v) is 2.97. The van der Waals surface area contributed by atoms with Crippen molar-refractivity contribution in [1.82, 2.24) is 20.5 Å². The Bertz CT molecular complexity index is 792. The van der Waals surface area contributed by atoms with Gasteiger partial charge >= 0.3 is 6.03 Å². The molecular weight excluding hydrogens is 361 g/mol. The number of aromatic nitrogens is 1. The van der Waals surface area contributed by atoms with Crippen LogP contribution in [0.4, 0.5) is 15.0 Å². The van der Waals surface area contributed by atoms with E-state index in [1.807, 2.05) is 18.2 Å². The van der Waals surface area contributed by atoms with Crippen LogP contribution in [-0.2, 0) is 11.3 Å². The third-order valence-corrected chi connectivity index (χ3v) is 4.65. The molecule has 1 aromatic heterocycles. The number of amides is 3. The number of hydrogen-bond acceptors (Lipinski definition) is 4. The number of halogens is 1. The Labute approximate surface area is 163 Å². The van der Waals surface area contributed by atoms with E-state index in [0.29, 0.717) is 26.2 Å². The molecule has 1 atom stereocenters. The van der Waals surface area contributed by atoms with E-state index in [1.54, 1.807) is 30.2 Å². The summed E-state index contributed by atoms with van der Waals surface area (Å²) >= 11 is 0. The summed E-state index contributed by atoms with van der Waals surface area (Å²) in [5.74, 6) is 0.291. The molecule has 0 spiro atoms. The van der Waals surface area contributed by atoms with E-state index in [9.17, 15) is 14.0 Å². The van der Waals surface area contributed by atoms with Crippen molar-refractivity contribution in [3.05, 3.63) is 60.0 Å². The molecule has 2 N–H and O–H groups in total. The number of carbonyl (C=O) groups excluding carboxylic acids is 2. The van der Waals surface area contributed by atoms with Crippen molar-refractivity contribution in [3.8, 4) is 0 Å². The zero-order chi connectivity index (χ0) is 19.9. The summed E-state index contributed by atoms with van der Waals surface area (Å²) in [7, 11) is 0. The molecule has 2 heterocycles. The number of pyridine rings is 1. The molecule has 3 amide bonds. The second-order valence-corrected chi connectivity index (χ2v) is 6.68. The van der Waals surface area contributed by atoms with Gasteiger partial charge in [-0.1, -0.05) is 18.2 Å². The molecule has 1 aliphatic rings. The minimum Gasteiger partial charge on any atom is -0.353 e. The third-order valence-electron chi connectivity index (χ3n) is 4.65. The minimum absolute atomic E-state index is 0.259. The van der Waals surface area contributed by atoms with Crippen LogP contribution >= 0.6 is 0 Å². The predicted octanol–water partition coefficient (Wildman–Crippen LogP) is 1.76. The Morgan fingerprint density at radius 1 is 1.11 bits per heavy atom. The van der Waals surface area contributed by atoms with Gasteiger partial charge in [0.2, 0.25) is 5.91 Å². The zero-order valence-corrected chi connectivity index (χ0v) is 15.8. The van der Waals surface area contributed by atoms with Gasteiger partial charge in [0.25, 0.3) is 0 Å². The topological polar surface area (TPSA) is 77.6 Å². The van der Waals surface area contributed by atoms with Gasteiger partial charge in [0.1, 0.15) is 17.7 Å². The molecule has 0 unspecified atom stereocenters. The van der Waals surface area contributed by atoms with Gasteiger partial charge in [-0.25, -0.2) is 14.2 Å². The smallest absolute Gasteiger partial charge is 0.318 e. The highest BCUT2D eigenvalue weighted by atomic mass is 19.1. The lowest BCUT2D eigenvalue weighted by molar-refractivity contribution is -0.122. The van der Waals surface area contributed by atoms with Gasteiger partial charge in [-0.3, -0.25) is 4.79 Å². The standard InChI is InChI=1S/C20H24FN5O2/c1-15(19(27)23-14-16-5-7-17(21)8-6-16)24-20(28)26-12-10-25(11-13-26)18-4-2-3-9-22-18/h2-9,15H,10-14H2,1H3,(H,23,27)(H,24,28)/t15-/m0/s1. The van der Waals surface area contributed by atoms with Gasteiger partial charge in [-0.05, 0) is 36.8 Å². The van der Waals surface area contributed by atoms with Crippen LogP contribution in [0.25, 0.3) is 0 Å². The first-order chi connectivity index (χ1) is 13.5. The van der Waals surface area contributed by atoms with E-state index in [1.165, 1.54) is 12.1 Å². The molecular formula is C20H24FN5O2. The van der Waals surface area contributed by atoms with Crippen LogP contribution < -0.4 is 15.5 Å². The molecule has 28 heavy (non-hydrogen) atoms. The first-order valence-electron chi connectivity index (χ1n) is 9.26. The van der Waals surface area contributed by atoms with Crippen LogP contribution in [0.5, 0.6) is 0 Å². The van der Waals surface area contributed by atoms with Crippen molar-refractivity contribution in [1.29, 1.82) is 0 Å². The summed E-state index contributed by atoms with van der Waals surface area (Å²) in [6, 6.07) is 10.7. The van der Waals surface area contributed by atoms with Gasteiger partial charge in [0, 0.05) is 38.9 Å². The number of piperazine rings is 1. The number of urea groups is 1. The van der Waals surface area contributed by atoms with Crippen molar-refractivity contribution in [3.63, 3.8) is 0 Å². The Hall–Kier alpha value is -3.16. The van der Waals surface area contributed by atoms with Crippen LogP contribution in [0.2, 0.25) is 0 Å². The Morgan fingerprint density at radius 3 is 2.46 bits per heavy atom. The highest BCUT2D eigenvalue weighted by Gasteiger charge is 2.24. The normalized spacial score (nSPS) is 15.1. The maximum absolute atomic E-state index is 12.9. The van der Waals surface area contributed by atoms with Crippen molar-refractivity contribution >= 4 is 17.8 Å². The third kappa shape index (κ3) is 5.18. The van der Waals surface area contributed by atoms with Crippen LogP contribution in [-0.4, -0.2) is 54.0 Å². The van der Waals surface area contributed by atoms with Crippen LogP contribution in [0, 0.1) is 5.82 Å². The molecule has 148 valence electrons. The van der Waals surface area contributed by atoms with E-state index in [-0.39, 0.29) is 24.3 Å². The molecule has 0 bridgehead atoms. The quantitative estimate of drug-likeness (QED) is 0.822.